The van der Waals surface area contributed by atoms with Crippen molar-refractivity contribution in [1.29, 1.82) is 0 Å². The van der Waals surface area contributed by atoms with Crippen LogP contribution < -0.4 is 21.2 Å². The third-order valence-corrected chi connectivity index (χ3v) is 7.91. The molecule has 0 saturated heterocycles. The van der Waals surface area contributed by atoms with Gasteiger partial charge in [0.2, 0.25) is 0 Å². The third kappa shape index (κ3) is 10.6. The summed E-state index contributed by atoms with van der Waals surface area (Å²) >= 11 is -0.0904. The van der Waals surface area contributed by atoms with Gasteiger partial charge in [-0.3, -0.25) is 0 Å². The van der Waals surface area contributed by atoms with Gasteiger partial charge in [0.1, 0.15) is 0 Å². The highest BCUT2D eigenvalue weighted by molar-refractivity contribution is 5.15. The van der Waals surface area contributed by atoms with Crippen LogP contribution in [-0.4, -0.2) is 11.2 Å². The quantitative estimate of drug-likeness (QED) is 0.294. The Bertz CT molecular complexity index is 608. The first-order chi connectivity index (χ1) is 13.8. The smallest absolute Gasteiger partial charge is 0.357 e. The summed E-state index contributed by atoms with van der Waals surface area (Å²) in [5.41, 5.74) is 1.26. The van der Waals surface area contributed by atoms with Crippen molar-refractivity contribution in [3.05, 3.63) is 67.3 Å². The van der Waals surface area contributed by atoms with Gasteiger partial charge in [-0.2, -0.15) is 0 Å². The first-order valence-corrected chi connectivity index (χ1v) is 13.4. The zero-order valence-corrected chi connectivity index (χ0v) is 19.7. The summed E-state index contributed by atoms with van der Waals surface area (Å²) in [6.45, 7) is 2.27. The van der Waals surface area contributed by atoms with Crippen molar-refractivity contribution in [3.8, 4) is 0 Å². The van der Waals surface area contributed by atoms with Gasteiger partial charge >= 0.3 is 21.2 Å². The fourth-order valence-corrected chi connectivity index (χ4v) is 5.74. The van der Waals surface area contributed by atoms with Crippen molar-refractivity contribution in [2.45, 2.75) is 90.1 Å². The second-order valence-electron chi connectivity index (χ2n) is 7.85. The molecule has 0 heterocycles. The summed E-state index contributed by atoms with van der Waals surface area (Å²) in [6, 6.07) is 19.7. The maximum absolute atomic E-state index is 10.3. The minimum absolute atomic E-state index is 0.0904. The van der Waals surface area contributed by atoms with Crippen molar-refractivity contribution >= 4 is 0 Å². The van der Waals surface area contributed by atoms with Crippen LogP contribution in [0.25, 0.3) is 0 Å². The lowest BCUT2D eigenvalue weighted by atomic mass is 10.0. The zero-order valence-electron chi connectivity index (χ0n) is 17.6. The third-order valence-electron chi connectivity index (χ3n) is 5.23. The number of rotatable bonds is 15. The van der Waals surface area contributed by atoms with E-state index in [1.807, 2.05) is 0 Å². The number of benzene rings is 2. The topological polar surface area (TPSA) is 20.2 Å². The van der Waals surface area contributed by atoms with Gasteiger partial charge < -0.3 is 5.11 Å². The largest absolute Gasteiger partial charge is 0.393 e. The molecule has 154 valence electrons. The summed E-state index contributed by atoms with van der Waals surface area (Å²) in [7, 11) is 0. The van der Waals surface area contributed by atoms with Crippen LogP contribution in [0.3, 0.4) is 0 Å². The Labute approximate surface area is 183 Å². The Kier molecular flexibility index (Phi) is 12.6. The van der Waals surface area contributed by atoms with Crippen molar-refractivity contribution in [2.75, 3.05) is 0 Å². The molecule has 0 aliphatic carbocycles. The number of aliphatic hydroxyl groups excluding tert-OH is 1. The molecule has 2 heteroatoms. The number of unbranched alkanes of at least 4 members (excludes halogenated alkanes) is 9. The molecule has 1 unspecified atom stereocenters. The van der Waals surface area contributed by atoms with Crippen LogP contribution in [0.5, 0.6) is 0 Å². The molecule has 0 radical (unpaired) electrons. The average molecular weight is 493 g/mol. The van der Waals surface area contributed by atoms with Gasteiger partial charge in [-0.1, -0.05) is 101 Å². The SMILES string of the molecule is CCCCCCCCCCCCC(O)Cc1ccc([I+]c2ccccc2)cc1. The Balaban J connectivity index is 1.53. The van der Waals surface area contributed by atoms with E-state index in [1.165, 1.54) is 70.5 Å². The Morgan fingerprint density at radius 3 is 1.82 bits per heavy atom. The monoisotopic (exact) mass is 493 g/mol. The number of hydrogen-bond acceptors (Lipinski definition) is 1. The molecule has 2 aromatic carbocycles. The summed E-state index contributed by atoms with van der Waals surface area (Å²) in [5, 5.41) is 10.3. The number of halogens is 1. The van der Waals surface area contributed by atoms with E-state index < -0.39 is 0 Å². The predicted molar refractivity (Wildman–Crippen MR) is 116 cm³/mol. The molecule has 28 heavy (non-hydrogen) atoms. The van der Waals surface area contributed by atoms with E-state index in [1.54, 1.807) is 0 Å². The van der Waals surface area contributed by atoms with Crippen molar-refractivity contribution in [2.24, 2.45) is 0 Å². The molecule has 0 aliphatic rings. The molecule has 0 aromatic heterocycles. The van der Waals surface area contributed by atoms with E-state index in [0.717, 1.165) is 19.3 Å². The Hall–Kier alpha value is -0.870. The molecule has 0 saturated carbocycles. The lowest BCUT2D eigenvalue weighted by molar-refractivity contribution is -0.597. The van der Waals surface area contributed by atoms with Gasteiger partial charge in [-0.15, -0.1) is 0 Å². The fraction of sp³-hybridized carbons (Fsp3) is 0.538. The number of aliphatic hydroxyl groups is 1. The highest BCUT2D eigenvalue weighted by Crippen LogP contribution is 2.13. The minimum atomic E-state index is -0.191. The van der Waals surface area contributed by atoms with E-state index in [2.05, 4.69) is 61.5 Å². The van der Waals surface area contributed by atoms with Gasteiger partial charge in [-0.25, -0.2) is 0 Å². The summed E-state index contributed by atoms with van der Waals surface area (Å²) < 4.78 is 2.90. The molecule has 2 rings (SSSR count). The molecule has 0 amide bonds. The van der Waals surface area contributed by atoms with E-state index in [0.29, 0.717) is 0 Å². The minimum Gasteiger partial charge on any atom is -0.393 e. The van der Waals surface area contributed by atoms with Crippen LogP contribution in [0.1, 0.15) is 83.1 Å². The molecular formula is C26H38IO+. The molecule has 0 bridgehead atoms. The highest BCUT2D eigenvalue weighted by Gasteiger charge is 2.14. The van der Waals surface area contributed by atoms with E-state index in [9.17, 15) is 5.11 Å². The van der Waals surface area contributed by atoms with Crippen LogP contribution in [0.15, 0.2) is 54.6 Å². The molecule has 0 aliphatic heterocycles. The molecule has 2 aromatic rings. The van der Waals surface area contributed by atoms with Gasteiger partial charge in [0.25, 0.3) is 0 Å². The Morgan fingerprint density at radius 2 is 1.21 bits per heavy atom. The molecule has 0 fully saturated rings. The summed E-state index contributed by atoms with van der Waals surface area (Å²) in [5.74, 6) is 0. The van der Waals surface area contributed by atoms with E-state index >= 15 is 0 Å². The van der Waals surface area contributed by atoms with Crippen molar-refractivity contribution in [3.63, 3.8) is 0 Å². The van der Waals surface area contributed by atoms with Gasteiger partial charge in [-0.05, 0) is 42.7 Å². The molecule has 1 atom stereocenters. The standard InChI is InChI=1S/C26H38IO/c1-2-3-4-5-6-7-8-9-10-14-17-26(28)22-23-18-20-25(21-19-23)27-24-15-12-11-13-16-24/h11-13,15-16,18-21,26,28H,2-10,14,17,22H2,1H3/q+1. The van der Waals surface area contributed by atoms with Crippen molar-refractivity contribution in [1.82, 2.24) is 0 Å². The molecule has 0 spiro atoms. The van der Waals surface area contributed by atoms with Crippen LogP contribution in [0, 0.1) is 7.14 Å². The summed E-state index contributed by atoms with van der Waals surface area (Å²) in [6.07, 6.45) is 15.0. The first kappa shape index (κ1) is 23.4. The van der Waals surface area contributed by atoms with E-state index in [4.69, 9.17) is 0 Å². The second-order valence-corrected chi connectivity index (χ2v) is 10.9. The van der Waals surface area contributed by atoms with Crippen molar-refractivity contribution < 1.29 is 26.3 Å². The normalized spacial score (nSPS) is 12.2. The fourth-order valence-electron chi connectivity index (χ4n) is 3.53. The maximum atomic E-state index is 10.3. The average Bonchev–Trinajstić information content (AvgIpc) is 2.72. The van der Waals surface area contributed by atoms with Gasteiger partial charge in [0.15, 0.2) is 7.14 Å². The molecular weight excluding hydrogens is 455 g/mol. The molecule has 1 nitrogen and oxygen atoms in total. The van der Waals surface area contributed by atoms with Gasteiger partial charge in [0, 0.05) is 0 Å². The lowest BCUT2D eigenvalue weighted by Gasteiger charge is -2.10. The van der Waals surface area contributed by atoms with Gasteiger partial charge in [0.05, 0.1) is 6.10 Å². The van der Waals surface area contributed by atoms with Crippen LogP contribution in [-0.2, 0) is 6.42 Å². The predicted octanol–water partition coefficient (Wildman–Crippen LogP) is 4.03. The van der Waals surface area contributed by atoms with Crippen LogP contribution in [0.2, 0.25) is 0 Å². The molecule has 1 N–H and O–H groups in total. The second kappa shape index (κ2) is 15.0. The first-order valence-electron chi connectivity index (χ1n) is 11.2. The van der Waals surface area contributed by atoms with Crippen LogP contribution >= 0.6 is 0 Å². The Morgan fingerprint density at radius 1 is 0.679 bits per heavy atom. The summed E-state index contributed by atoms with van der Waals surface area (Å²) in [4.78, 5) is 0. The number of hydrogen-bond donors (Lipinski definition) is 1. The highest BCUT2D eigenvalue weighted by atomic mass is 127. The van der Waals surface area contributed by atoms with Crippen LogP contribution in [0.4, 0.5) is 0 Å². The lowest BCUT2D eigenvalue weighted by Crippen LogP contribution is -3.61. The van der Waals surface area contributed by atoms with E-state index in [-0.39, 0.29) is 27.3 Å². The maximum Gasteiger partial charge on any atom is 0.357 e. The zero-order chi connectivity index (χ0) is 19.9.